The van der Waals surface area contributed by atoms with Crippen LogP contribution in [0.1, 0.15) is 40.5 Å². The maximum Gasteiger partial charge on any atom is 0.0590 e. The van der Waals surface area contributed by atoms with E-state index in [1.165, 1.54) is 5.57 Å². The Morgan fingerprint density at radius 3 is 2.61 bits per heavy atom. The SMILES string of the molecule is C=CC(C#C/C=C/CCN=C(C)C)/C(C)=C\CC. The lowest BCUT2D eigenvalue weighted by molar-refractivity contribution is 0.982. The predicted octanol–water partition coefficient (Wildman–Crippen LogP) is 4.58. The number of aliphatic imine (C=N–C) groups is 1. The summed E-state index contributed by atoms with van der Waals surface area (Å²) < 4.78 is 0. The standard InChI is InChI=1S/C17H25N/c1-6-12-16(5)17(7-2)13-10-8-9-11-14-18-15(3)4/h7-9,12,17H,2,6,11,14H2,1,3-5H3/b9-8+,16-12-. The molecule has 0 saturated carbocycles. The molecule has 0 aromatic rings. The van der Waals surface area contributed by atoms with Crippen molar-refractivity contribution in [1.29, 1.82) is 0 Å². The molecule has 0 aromatic heterocycles. The zero-order valence-electron chi connectivity index (χ0n) is 12.2. The first-order valence-corrected chi connectivity index (χ1v) is 6.54. The van der Waals surface area contributed by atoms with Crippen molar-refractivity contribution in [3.05, 3.63) is 36.5 Å². The summed E-state index contributed by atoms with van der Waals surface area (Å²) in [6.45, 7) is 12.9. The van der Waals surface area contributed by atoms with Gasteiger partial charge in [-0.25, -0.2) is 0 Å². The van der Waals surface area contributed by atoms with Crippen molar-refractivity contribution in [2.45, 2.75) is 40.5 Å². The van der Waals surface area contributed by atoms with Crippen molar-refractivity contribution in [2.24, 2.45) is 10.9 Å². The molecule has 1 nitrogen and oxygen atoms in total. The van der Waals surface area contributed by atoms with Gasteiger partial charge in [0, 0.05) is 12.3 Å². The smallest absolute Gasteiger partial charge is 0.0590 e. The van der Waals surface area contributed by atoms with Crippen LogP contribution in [0.3, 0.4) is 0 Å². The van der Waals surface area contributed by atoms with Crippen molar-refractivity contribution >= 4 is 5.71 Å². The van der Waals surface area contributed by atoms with Gasteiger partial charge in [0.25, 0.3) is 0 Å². The molecule has 0 aromatic carbocycles. The largest absolute Gasteiger partial charge is 0.294 e. The first-order valence-electron chi connectivity index (χ1n) is 6.54. The molecule has 18 heavy (non-hydrogen) atoms. The number of nitrogens with zero attached hydrogens (tertiary/aromatic N) is 1. The van der Waals surface area contributed by atoms with E-state index in [9.17, 15) is 0 Å². The molecule has 0 spiro atoms. The number of rotatable bonds is 6. The Hall–Kier alpha value is -1.55. The van der Waals surface area contributed by atoms with Gasteiger partial charge >= 0.3 is 0 Å². The van der Waals surface area contributed by atoms with Crippen LogP contribution in [0.5, 0.6) is 0 Å². The van der Waals surface area contributed by atoms with Gasteiger partial charge in [-0.3, -0.25) is 4.99 Å². The van der Waals surface area contributed by atoms with E-state index in [0.717, 1.165) is 25.1 Å². The first-order chi connectivity index (χ1) is 8.61. The van der Waals surface area contributed by atoms with Crippen LogP contribution < -0.4 is 0 Å². The summed E-state index contributed by atoms with van der Waals surface area (Å²) in [5, 5.41) is 0. The van der Waals surface area contributed by atoms with Crippen LogP contribution in [0.2, 0.25) is 0 Å². The molecule has 0 saturated heterocycles. The summed E-state index contributed by atoms with van der Waals surface area (Å²) in [6, 6.07) is 0. The fraction of sp³-hybridized carbons (Fsp3) is 0.471. The first kappa shape index (κ1) is 16.4. The Morgan fingerprint density at radius 1 is 1.33 bits per heavy atom. The number of hydrogen-bond acceptors (Lipinski definition) is 1. The van der Waals surface area contributed by atoms with Crippen LogP contribution in [-0.2, 0) is 0 Å². The summed E-state index contributed by atoms with van der Waals surface area (Å²) >= 11 is 0. The van der Waals surface area contributed by atoms with Crippen LogP contribution in [0.4, 0.5) is 0 Å². The van der Waals surface area contributed by atoms with Gasteiger partial charge in [0.1, 0.15) is 0 Å². The predicted molar refractivity (Wildman–Crippen MR) is 82.9 cm³/mol. The van der Waals surface area contributed by atoms with Crippen molar-refractivity contribution in [2.75, 3.05) is 6.54 Å². The van der Waals surface area contributed by atoms with Crippen LogP contribution in [0, 0.1) is 17.8 Å². The van der Waals surface area contributed by atoms with E-state index < -0.39 is 0 Å². The Bertz CT molecular complexity index is 382. The van der Waals surface area contributed by atoms with Gasteiger partial charge in [-0.05, 0) is 39.7 Å². The maximum absolute atomic E-state index is 4.32. The molecule has 0 amide bonds. The van der Waals surface area contributed by atoms with Crippen LogP contribution in [-0.4, -0.2) is 12.3 Å². The third kappa shape index (κ3) is 8.58. The average Bonchev–Trinajstić information content (AvgIpc) is 2.32. The second-order valence-corrected chi connectivity index (χ2v) is 4.38. The third-order valence-corrected chi connectivity index (χ3v) is 2.42. The van der Waals surface area contributed by atoms with Crippen molar-refractivity contribution < 1.29 is 0 Å². The Kier molecular flexibility index (Phi) is 9.68. The highest BCUT2D eigenvalue weighted by molar-refractivity contribution is 5.79. The fourth-order valence-electron chi connectivity index (χ4n) is 1.45. The van der Waals surface area contributed by atoms with Gasteiger partial charge in [0.2, 0.25) is 0 Å². The highest BCUT2D eigenvalue weighted by atomic mass is 14.7. The molecule has 1 atom stereocenters. The second kappa shape index (κ2) is 10.6. The molecular formula is C17H25N. The molecule has 0 aliphatic carbocycles. The van der Waals surface area contributed by atoms with E-state index in [-0.39, 0.29) is 5.92 Å². The molecule has 0 heterocycles. The van der Waals surface area contributed by atoms with Gasteiger partial charge in [-0.2, -0.15) is 0 Å². The Balaban J connectivity index is 4.22. The zero-order valence-corrected chi connectivity index (χ0v) is 12.2. The molecule has 98 valence electrons. The fourth-order valence-corrected chi connectivity index (χ4v) is 1.45. The van der Waals surface area contributed by atoms with Crippen molar-refractivity contribution in [3.63, 3.8) is 0 Å². The van der Waals surface area contributed by atoms with E-state index in [0.29, 0.717) is 0 Å². The highest BCUT2D eigenvalue weighted by Gasteiger charge is 1.99. The summed E-state index contributed by atoms with van der Waals surface area (Å²) in [6.07, 6.45) is 10.1. The van der Waals surface area contributed by atoms with Crippen LogP contribution in [0.25, 0.3) is 0 Å². The molecule has 0 aliphatic rings. The maximum atomic E-state index is 4.32. The van der Waals surface area contributed by atoms with Gasteiger partial charge in [-0.1, -0.05) is 42.6 Å². The van der Waals surface area contributed by atoms with Crippen LogP contribution >= 0.6 is 0 Å². The molecule has 0 bridgehead atoms. The number of hydrogen-bond donors (Lipinski definition) is 0. The minimum Gasteiger partial charge on any atom is -0.294 e. The molecule has 0 aliphatic heterocycles. The van der Waals surface area contributed by atoms with Crippen molar-refractivity contribution in [1.82, 2.24) is 0 Å². The minimum atomic E-state index is 0.172. The molecule has 0 fully saturated rings. The summed E-state index contributed by atoms with van der Waals surface area (Å²) in [7, 11) is 0. The van der Waals surface area contributed by atoms with E-state index in [1.54, 1.807) is 0 Å². The molecule has 0 rings (SSSR count). The second-order valence-electron chi connectivity index (χ2n) is 4.38. The van der Waals surface area contributed by atoms with Crippen LogP contribution in [0.15, 0.2) is 41.4 Å². The van der Waals surface area contributed by atoms with Gasteiger partial charge in [-0.15, -0.1) is 6.58 Å². The summed E-state index contributed by atoms with van der Waals surface area (Å²) in [4.78, 5) is 4.32. The van der Waals surface area contributed by atoms with E-state index in [2.05, 4.69) is 49.4 Å². The quantitative estimate of drug-likeness (QED) is 0.280. The summed E-state index contributed by atoms with van der Waals surface area (Å²) in [5.74, 6) is 6.44. The molecule has 1 heteroatoms. The third-order valence-electron chi connectivity index (χ3n) is 2.42. The molecule has 1 unspecified atom stereocenters. The lowest BCUT2D eigenvalue weighted by atomic mass is 10.0. The highest BCUT2D eigenvalue weighted by Crippen LogP contribution is 2.10. The molecule has 0 N–H and O–H groups in total. The van der Waals surface area contributed by atoms with E-state index >= 15 is 0 Å². The molecular weight excluding hydrogens is 218 g/mol. The normalized spacial score (nSPS) is 12.8. The topological polar surface area (TPSA) is 12.4 Å². The monoisotopic (exact) mass is 243 g/mol. The summed E-state index contributed by atoms with van der Waals surface area (Å²) in [5.41, 5.74) is 2.40. The Labute approximate surface area is 112 Å². The minimum absolute atomic E-state index is 0.172. The Morgan fingerprint density at radius 2 is 2.06 bits per heavy atom. The van der Waals surface area contributed by atoms with Gasteiger partial charge in [0.05, 0.1) is 5.92 Å². The number of allylic oxidation sites excluding steroid dienone is 4. The lowest BCUT2D eigenvalue weighted by Gasteiger charge is -2.04. The van der Waals surface area contributed by atoms with Gasteiger partial charge in [0.15, 0.2) is 0 Å². The lowest BCUT2D eigenvalue weighted by Crippen LogP contribution is -1.93. The molecule has 0 radical (unpaired) electrons. The van der Waals surface area contributed by atoms with Crippen molar-refractivity contribution in [3.8, 4) is 11.8 Å². The average molecular weight is 243 g/mol. The van der Waals surface area contributed by atoms with Gasteiger partial charge < -0.3 is 0 Å². The zero-order chi connectivity index (χ0) is 13.8. The van der Waals surface area contributed by atoms with E-state index in [1.807, 2.05) is 26.0 Å². The van der Waals surface area contributed by atoms with E-state index in [4.69, 9.17) is 0 Å².